The molecule has 0 aliphatic rings. The number of hydrogen-bond acceptors (Lipinski definition) is 3. The topological polar surface area (TPSA) is 94.0 Å². The Kier molecular flexibility index (Phi) is 6.58. The van der Waals surface area contributed by atoms with Crippen LogP contribution in [0.2, 0.25) is 0 Å². The molecule has 1 aromatic rings. The summed E-state index contributed by atoms with van der Waals surface area (Å²) in [5.41, 5.74) is 0.455. The van der Waals surface area contributed by atoms with Crippen LogP contribution in [-0.2, 0) is 0 Å². The molecule has 0 saturated carbocycles. The maximum absolute atomic E-state index is 12.3. The number of rotatable bonds is 5. The molecule has 6 nitrogen and oxygen atoms in total. The van der Waals surface area contributed by atoms with Crippen LogP contribution in [-0.4, -0.2) is 23.5 Å². The van der Waals surface area contributed by atoms with Gasteiger partial charge in [0, 0.05) is 11.6 Å². The molecule has 124 valence electrons. The van der Waals surface area contributed by atoms with Crippen molar-refractivity contribution in [3.63, 3.8) is 0 Å². The standard InChI is InChI=1S/C17H24N4O2/c1-5-12(10-11-18)19-16(23)20-14-9-7-6-8-13(14)15(22)21-17(2,3)4/h6-9,12H,5,10H2,1-4H3,(H,21,22)(H2,19,20,23)/t12-/m1/s1. The van der Waals surface area contributed by atoms with Crippen LogP contribution in [0.1, 0.15) is 50.9 Å². The lowest BCUT2D eigenvalue weighted by Gasteiger charge is -2.22. The minimum Gasteiger partial charge on any atom is -0.347 e. The second-order valence-electron chi connectivity index (χ2n) is 6.32. The highest BCUT2D eigenvalue weighted by atomic mass is 16.2. The van der Waals surface area contributed by atoms with Gasteiger partial charge in [-0.2, -0.15) is 5.26 Å². The van der Waals surface area contributed by atoms with Gasteiger partial charge < -0.3 is 16.0 Å². The quantitative estimate of drug-likeness (QED) is 0.779. The van der Waals surface area contributed by atoms with Crippen molar-refractivity contribution < 1.29 is 9.59 Å². The molecule has 0 aliphatic carbocycles. The van der Waals surface area contributed by atoms with Gasteiger partial charge in [-0.1, -0.05) is 19.1 Å². The number of nitriles is 1. The monoisotopic (exact) mass is 316 g/mol. The highest BCUT2D eigenvalue weighted by Crippen LogP contribution is 2.16. The van der Waals surface area contributed by atoms with E-state index in [9.17, 15) is 9.59 Å². The summed E-state index contributed by atoms with van der Waals surface area (Å²) in [5, 5.41) is 17.0. The van der Waals surface area contributed by atoms with Gasteiger partial charge >= 0.3 is 6.03 Å². The van der Waals surface area contributed by atoms with Gasteiger partial charge in [0.15, 0.2) is 0 Å². The number of anilines is 1. The van der Waals surface area contributed by atoms with E-state index in [1.54, 1.807) is 24.3 Å². The molecular weight excluding hydrogens is 292 g/mol. The molecule has 1 aromatic carbocycles. The first-order chi connectivity index (χ1) is 10.8. The number of carbonyl (C=O) groups is 2. The van der Waals surface area contributed by atoms with Crippen molar-refractivity contribution in [2.24, 2.45) is 0 Å². The lowest BCUT2D eigenvalue weighted by molar-refractivity contribution is 0.0920. The van der Waals surface area contributed by atoms with Crippen molar-refractivity contribution in [2.75, 3.05) is 5.32 Å². The van der Waals surface area contributed by atoms with Crippen LogP contribution in [0, 0.1) is 11.3 Å². The molecule has 23 heavy (non-hydrogen) atoms. The second kappa shape index (κ2) is 8.18. The maximum atomic E-state index is 12.3. The van der Waals surface area contributed by atoms with Crippen LogP contribution >= 0.6 is 0 Å². The molecule has 3 amide bonds. The lowest BCUT2D eigenvalue weighted by Crippen LogP contribution is -2.41. The van der Waals surface area contributed by atoms with Gasteiger partial charge in [0.25, 0.3) is 5.91 Å². The highest BCUT2D eigenvalue weighted by molar-refractivity contribution is 6.03. The Morgan fingerprint density at radius 1 is 1.26 bits per heavy atom. The minimum atomic E-state index is -0.428. The molecule has 0 spiro atoms. The summed E-state index contributed by atoms with van der Waals surface area (Å²) in [6.07, 6.45) is 0.906. The third-order valence-electron chi connectivity index (χ3n) is 3.07. The zero-order valence-corrected chi connectivity index (χ0v) is 14.1. The van der Waals surface area contributed by atoms with Gasteiger partial charge in [-0.15, -0.1) is 0 Å². The van der Waals surface area contributed by atoms with Crippen LogP contribution in [0.4, 0.5) is 10.5 Å². The summed E-state index contributed by atoms with van der Waals surface area (Å²) >= 11 is 0. The molecule has 0 aliphatic heterocycles. The first-order valence-corrected chi connectivity index (χ1v) is 7.63. The van der Waals surface area contributed by atoms with E-state index in [4.69, 9.17) is 5.26 Å². The van der Waals surface area contributed by atoms with Crippen molar-refractivity contribution in [2.45, 2.75) is 52.1 Å². The number of nitrogens with zero attached hydrogens (tertiary/aromatic N) is 1. The minimum absolute atomic E-state index is 0.212. The summed E-state index contributed by atoms with van der Waals surface area (Å²) in [5.74, 6) is -0.252. The molecule has 0 bridgehead atoms. The number of para-hydroxylation sites is 1. The Hall–Kier alpha value is -2.55. The van der Waals surface area contributed by atoms with Gasteiger partial charge in [0.2, 0.25) is 0 Å². The zero-order chi connectivity index (χ0) is 17.5. The fourth-order valence-electron chi connectivity index (χ4n) is 1.95. The smallest absolute Gasteiger partial charge is 0.319 e. The van der Waals surface area contributed by atoms with Gasteiger partial charge in [-0.05, 0) is 39.3 Å². The largest absolute Gasteiger partial charge is 0.347 e. The van der Waals surface area contributed by atoms with E-state index in [1.165, 1.54) is 0 Å². The maximum Gasteiger partial charge on any atom is 0.319 e. The molecule has 6 heteroatoms. The first-order valence-electron chi connectivity index (χ1n) is 7.63. The molecule has 0 saturated heterocycles. The Balaban J connectivity index is 2.83. The van der Waals surface area contributed by atoms with Crippen molar-refractivity contribution in [1.29, 1.82) is 5.26 Å². The van der Waals surface area contributed by atoms with E-state index in [0.29, 0.717) is 17.7 Å². The molecule has 1 rings (SSSR count). The van der Waals surface area contributed by atoms with E-state index in [0.717, 1.165) is 0 Å². The molecule has 0 unspecified atom stereocenters. The summed E-state index contributed by atoms with van der Waals surface area (Å²) < 4.78 is 0. The van der Waals surface area contributed by atoms with E-state index < -0.39 is 6.03 Å². The third kappa shape index (κ3) is 6.39. The number of hydrogen-bond donors (Lipinski definition) is 3. The van der Waals surface area contributed by atoms with Crippen LogP contribution in [0.15, 0.2) is 24.3 Å². The van der Waals surface area contributed by atoms with Gasteiger partial charge in [-0.25, -0.2) is 4.79 Å². The predicted molar refractivity (Wildman–Crippen MR) is 90.1 cm³/mol. The Morgan fingerprint density at radius 3 is 2.48 bits per heavy atom. The first kappa shape index (κ1) is 18.5. The van der Waals surface area contributed by atoms with Gasteiger partial charge in [-0.3, -0.25) is 4.79 Å². The third-order valence-corrected chi connectivity index (χ3v) is 3.07. The Morgan fingerprint density at radius 2 is 1.91 bits per heavy atom. The molecule has 0 aromatic heterocycles. The fourth-order valence-corrected chi connectivity index (χ4v) is 1.95. The van der Waals surface area contributed by atoms with Crippen LogP contribution in [0.3, 0.4) is 0 Å². The summed E-state index contributed by atoms with van der Waals surface area (Å²) in [4.78, 5) is 24.4. The fraction of sp³-hybridized carbons (Fsp3) is 0.471. The van der Waals surface area contributed by atoms with Crippen molar-refractivity contribution >= 4 is 17.6 Å². The second-order valence-corrected chi connectivity index (χ2v) is 6.32. The van der Waals surface area contributed by atoms with Crippen LogP contribution < -0.4 is 16.0 Å². The van der Waals surface area contributed by atoms with Crippen molar-refractivity contribution in [1.82, 2.24) is 10.6 Å². The molecular formula is C17H24N4O2. The normalized spacial score (nSPS) is 12.0. The number of urea groups is 1. The van der Waals surface area contributed by atoms with E-state index in [-0.39, 0.29) is 23.9 Å². The average molecular weight is 316 g/mol. The Labute approximate surface area is 137 Å². The van der Waals surface area contributed by atoms with E-state index in [1.807, 2.05) is 33.8 Å². The average Bonchev–Trinajstić information content (AvgIpc) is 2.45. The van der Waals surface area contributed by atoms with E-state index in [2.05, 4.69) is 16.0 Å². The van der Waals surface area contributed by atoms with E-state index >= 15 is 0 Å². The lowest BCUT2D eigenvalue weighted by atomic mass is 10.1. The van der Waals surface area contributed by atoms with Gasteiger partial charge in [0.1, 0.15) is 0 Å². The summed E-state index contributed by atoms with van der Waals surface area (Å²) in [7, 11) is 0. The van der Waals surface area contributed by atoms with Crippen molar-refractivity contribution in [3.05, 3.63) is 29.8 Å². The molecule has 0 fully saturated rings. The van der Waals surface area contributed by atoms with Gasteiger partial charge in [0.05, 0.1) is 23.7 Å². The molecule has 0 heterocycles. The molecule has 3 N–H and O–H groups in total. The number of amides is 3. The zero-order valence-electron chi connectivity index (χ0n) is 14.1. The Bertz CT molecular complexity index is 599. The number of carbonyl (C=O) groups excluding carboxylic acids is 2. The SMILES string of the molecule is CC[C@H](CC#N)NC(=O)Nc1ccccc1C(=O)NC(C)(C)C. The number of nitrogens with one attached hydrogen (secondary N) is 3. The predicted octanol–water partition coefficient (Wildman–Crippen LogP) is 3.03. The van der Waals surface area contributed by atoms with Crippen LogP contribution in [0.25, 0.3) is 0 Å². The highest BCUT2D eigenvalue weighted by Gasteiger charge is 2.19. The molecule has 1 atom stereocenters. The van der Waals surface area contributed by atoms with Crippen LogP contribution in [0.5, 0.6) is 0 Å². The van der Waals surface area contributed by atoms with Crippen molar-refractivity contribution in [3.8, 4) is 6.07 Å². The summed E-state index contributed by atoms with van der Waals surface area (Å²) in [6.45, 7) is 7.57. The summed E-state index contributed by atoms with van der Waals surface area (Å²) in [6, 6.07) is 8.21. The number of benzene rings is 1. The molecule has 0 radical (unpaired) electrons.